The summed E-state index contributed by atoms with van der Waals surface area (Å²) in [6.45, 7) is 6.67. The lowest BCUT2D eigenvalue weighted by Crippen LogP contribution is -2.49. The van der Waals surface area contributed by atoms with Gasteiger partial charge in [-0.3, -0.25) is 9.59 Å². The normalized spacial score (nSPS) is 17.0. The maximum Gasteiger partial charge on any atom is 0.329 e. The zero-order valence-corrected chi connectivity index (χ0v) is 18.4. The van der Waals surface area contributed by atoms with Gasteiger partial charge in [0.15, 0.2) is 6.10 Å². The Morgan fingerprint density at radius 2 is 1.66 bits per heavy atom. The van der Waals surface area contributed by atoms with Gasteiger partial charge in [0.05, 0.1) is 0 Å². The lowest BCUT2D eigenvalue weighted by Gasteiger charge is -2.28. The molecule has 1 aliphatic rings. The number of amides is 2. The van der Waals surface area contributed by atoms with E-state index in [-0.39, 0.29) is 11.9 Å². The maximum absolute atomic E-state index is 13.9. The third kappa shape index (κ3) is 4.64. The van der Waals surface area contributed by atoms with Crippen LogP contribution in [0.5, 0.6) is 0 Å². The van der Waals surface area contributed by atoms with Crippen molar-refractivity contribution < 1.29 is 27.9 Å². The number of fused-ring (bicyclic) bond motifs is 1. The van der Waals surface area contributed by atoms with Crippen molar-refractivity contribution in [1.29, 1.82) is 0 Å². The number of benzene rings is 2. The average molecular weight is 444 g/mol. The minimum atomic E-state index is -1.19. The molecule has 0 bridgehead atoms. The van der Waals surface area contributed by atoms with Crippen LogP contribution in [0.3, 0.4) is 0 Å². The first-order chi connectivity index (χ1) is 15.1. The Kier molecular flexibility index (Phi) is 6.91. The van der Waals surface area contributed by atoms with Gasteiger partial charge in [0.1, 0.15) is 23.2 Å². The highest BCUT2D eigenvalue weighted by Crippen LogP contribution is 2.32. The molecule has 6 nitrogen and oxygen atoms in total. The number of hydrogen-bond acceptors (Lipinski definition) is 4. The van der Waals surface area contributed by atoms with Crippen LogP contribution in [-0.4, -0.2) is 36.0 Å². The third-order valence-electron chi connectivity index (χ3n) is 5.48. The van der Waals surface area contributed by atoms with Crippen LogP contribution in [-0.2, 0) is 20.7 Å². The van der Waals surface area contributed by atoms with Crippen LogP contribution in [0.4, 0.5) is 14.5 Å². The molecule has 2 aromatic rings. The molecule has 0 saturated carbocycles. The second-order valence-electron chi connectivity index (χ2n) is 8.26. The second-order valence-corrected chi connectivity index (χ2v) is 8.26. The van der Waals surface area contributed by atoms with Gasteiger partial charge in [-0.25, -0.2) is 13.6 Å². The van der Waals surface area contributed by atoms with Crippen LogP contribution in [0.25, 0.3) is 0 Å². The monoisotopic (exact) mass is 444 g/mol. The number of nitrogens with zero attached hydrogens (tertiary/aromatic N) is 1. The van der Waals surface area contributed by atoms with Gasteiger partial charge in [0, 0.05) is 11.7 Å². The molecule has 170 valence electrons. The van der Waals surface area contributed by atoms with Crippen molar-refractivity contribution >= 4 is 23.5 Å². The van der Waals surface area contributed by atoms with E-state index in [0.29, 0.717) is 6.42 Å². The fraction of sp³-hybridized carbons (Fsp3) is 0.375. The SMILES string of the molecule is CC(OC(=O)[C@@H](NC(=O)c1c(F)cccc1F)C(C)C)C(=O)N1c2ccccc2CC1C. The predicted octanol–water partition coefficient (Wildman–Crippen LogP) is 3.63. The molecule has 2 amide bonds. The Bertz CT molecular complexity index is 1020. The molecule has 0 aliphatic carbocycles. The van der Waals surface area contributed by atoms with Crippen molar-refractivity contribution in [2.75, 3.05) is 4.90 Å². The van der Waals surface area contributed by atoms with Gasteiger partial charge in [-0.15, -0.1) is 0 Å². The van der Waals surface area contributed by atoms with Gasteiger partial charge >= 0.3 is 5.97 Å². The van der Waals surface area contributed by atoms with E-state index in [2.05, 4.69) is 5.32 Å². The average Bonchev–Trinajstić information content (AvgIpc) is 3.06. The first-order valence-electron chi connectivity index (χ1n) is 10.5. The molecule has 0 fully saturated rings. The zero-order chi connectivity index (χ0) is 23.6. The first-order valence-corrected chi connectivity index (χ1v) is 10.5. The van der Waals surface area contributed by atoms with Crippen molar-refractivity contribution in [3.63, 3.8) is 0 Å². The maximum atomic E-state index is 13.9. The highest BCUT2D eigenvalue weighted by molar-refractivity contribution is 6.01. The van der Waals surface area contributed by atoms with E-state index in [0.717, 1.165) is 29.4 Å². The number of nitrogens with one attached hydrogen (secondary N) is 1. The topological polar surface area (TPSA) is 75.7 Å². The molecule has 0 spiro atoms. The number of hydrogen-bond donors (Lipinski definition) is 1. The number of ether oxygens (including phenoxy) is 1. The van der Waals surface area contributed by atoms with Gasteiger partial charge in [0.2, 0.25) is 0 Å². The van der Waals surface area contributed by atoms with E-state index >= 15 is 0 Å². The first kappa shape index (κ1) is 23.4. The summed E-state index contributed by atoms with van der Waals surface area (Å²) < 4.78 is 33.2. The number of carbonyl (C=O) groups excluding carboxylic acids is 3. The van der Waals surface area contributed by atoms with E-state index in [1.807, 2.05) is 31.2 Å². The molecule has 2 unspecified atom stereocenters. The highest BCUT2D eigenvalue weighted by Gasteiger charge is 2.36. The van der Waals surface area contributed by atoms with E-state index in [1.165, 1.54) is 6.92 Å². The Hall–Kier alpha value is -3.29. The van der Waals surface area contributed by atoms with Crippen molar-refractivity contribution in [2.24, 2.45) is 5.92 Å². The highest BCUT2D eigenvalue weighted by atomic mass is 19.1. The van der Waals surface area contributed by atoms with Gasteiger partial charge in [0.25, 0.3) is 11.8 Å². The van der Waals surface area contributed by atoms with Crippen LogP contribution in [0.2, 0.25) is 0 Å². The minimum absolute atomic E-state index is 0.0920. The second kappa shape index (κ2) is 9.46. The Morgan fingerprint density at radius 3 is 2.28 bits per heavy atom. The van der Waals surface area contributed by atoms with Gasteiger partial charge < -0.3 is 15.0 Å². The fourth-order valence-corrected chi connectivity index (χ4v) is 3.82. The number of anilines is 1. The van der Waals surface area contributed by atoms with Crippen LogP contribution in [0.1, 0.15) is 43.6 Å². The largest absolute Gasteiger partial charge is 0.451 e. The lowest BCUT2D eigenvalue weighted by atomic mass is 10.0. The number of esters is 1. The molecule has 0 aromatic heterocycles. The van der Waals surface area contributed by atoms with E-state index < -0.39 is 47.1 Å². The molecule has 0 radical (unpaired) electrons. The smallest absolute Gasteiger partial charge is 0.329 e. The molecule has 32 heavy (non-hydrogen) atoms. The summed E-state index contributed by atoms with van der Waals surface area (Å²) in [6, 6.07) is 9.28. The molecule has 1 heterocycles. The quantitative estimate of drug-likeness (QED) is 0.691. The van der Waals surface area contributed by atoms with Crippen LogP contribution >= 0.6 is 0 Å². The number of rotatable bonds is 6. The molecule has 1 aliphatic heterocycles. The van der Waals surface area contributed by atoms with Gasteiger partial charge in [-0.2, -0.15) is 0 Å². The van der Waals surface area contributed by atoms with Crippen molar-refractivity contribution in [3.05, 3.63) is 65.2 Å². The number of carbonyl (C=O) groups is 3. The third-order valence-corrected chi connectivity index (χ3v) is 5.48. The van der Waals surface area contributed by atoms with Crippen molar-refractivity contribution in [2.45, 2.75) is 52.3 Å². The summed E-state index contributed by atoms with van der Waals surface area (Å²) in [4.78, 5) is 39.9. The van der Waals surface area contributed by atoms with E-state index in [4.69, 9.17) is 4.74 Å². The van der Waals surface area contributed by atoms with Crippen LogP contribution < -0.4 is 10.2 Å². The summed E-state index contributed by atoms with van der Waals surface area (Å²) in [5.74, 6) is -4.84. The Balaban J connectivity index is 1.72. The van der Waals surface area contributed by atoms with Crippen LogP contribution in [0, 0.1) is 17.6 Å². The Labute approximate surface area is 185 Å². The predicted molar refractivity (Wildman–Crippen MR) is 115 cm³/mol. The summed E-state index contributed by atoms with van der Waals surface area (Å²) in [5.41, 5.74) is 1.03. The van der Waals surface area contributed by atoms with Crippen molar-refractivity contribution in [3.8, 4) is 0 Å². The number of halogens is 2. The van der Waals surface area contributed by atoms with Gasteiger partial charge in [-0.05, 0) is 49.9 Å². The molecule has 2 aromatic carbocycles. The standard InChI is InChI=1S/C24H26F2N2O4/c1-13(2)21(27-22(29)20-17(25)9-7-10-18(20)26)24(31)32-15(4)23(30)28-14(3)12-16-8-5-6-11-19(16)28/h5-11,13-15,21H,12H2,1-4H3,(H,27,29)/t14?,15?,21-/m0/s1. The molecular formula is C24H26F2N2O4. The Morgan fingerprint density at radius 1 is 1.03 bits per heavy atom. The summed E-state index contributed by atoms with van der Waals surface area (Å²) in [7, 11) is 0. The van der Waals surface area contributed by atoms with Gasteiger partial charge in [-0.1, -0.05) is 38.1 Å². The van der Waals surface area contributed by atoms with Crippen LogP contribution in [0.15, 0.2) is 42.5 Å². The zero-order valence-electron chi connectivity index (χ0n) is 18.4. The number of para-hydroxylation sites is 1. The molecule has 3 atom stereocenters. The molecule has 0 saturated heterocycles. The summed E-state index contributed by atoms with van der Waals surface area (Å²) >= 11 is 0. The summed E-state index contributed by atoms with van der Waals surface area (Å²) in [5, 5.41) is 2.33. The molecular weight excluding hydrogens is 418 g/mol. The lowest BCUT2D eigenvalue weighted by molar-refractivity contribution is -0.156. The van der Waals surface area contributed by atoms with Crippen molar-refractivity contribution in [1.82, 2.24) is 5.32 Å². The molecule has 8 heteroatoms. The molecule has 3 rings (SSSR count). The van der Waals surface area contributed by atoms with E-state index in [9.17, 15) is 23.2 Å². The minimum Gasteiger partial charge on any atom is -0.451 e. The molecule has 1 N–H and O–H groups in total. The van der Waals surface area contributed by atoms with E-state index in [1.54, 1.807) is 18.7 Å². The fourth-order valence-electron chi connectivity index (χ4n) is 3.82. The summed E-state index contributed by atoms with van der Waals surface area (Å²) in [6.07, 6.45) is -0.416.